The topological polar surface area (TPSA) is 68.6 Å². The van der Waals surface area contributed by atoms with Crippen LogP contribution in [0.1, 0.15) is 11.1 Å². The van der Waals surface area contributed by atoms with Crippen LogP contribution in [0.25, 0.3) is 11.3 Å². The van der Waals surface area contributed by atoms with Gasteiger partial charge in [0, 0.05) is 16.7 Å². The molecule has 25 heavy (non-hydrogen) atoms. The number of nitriles is 1. The van der Waals surface area contributed by atoms with Crippen LogP contribution in [0, 0.1) is 11.3 Å². The van der Waals surface area contributed by atoms with Gasteiger partial charge in [0.25, 0.3) is 0 Å². The maximum atomic E-state index is 12.0. The molecule has 2 aromatic carbocycles. The van der Waals surface area contributed by atoms with Crippen molar-refractivity contribution >= 4 is 17.3 Å². The molecule has 0 atom stereocenters. The van der Waals surface area contributed by atoms with Crippen LogP contribution in [0.4, 0.5) is 0 Å². The van der Waals surface area contributed by atoms with Gasteiger partial charge in [-0.3, -0.25) is 0 Å². The predicted molar refractivity (Wildman–Crippen MR) is 92.6 cm³/mol. The van der Waals surface area contributed by atoms with Crippen LogP contribution >= 0.6 is 0 Å². The fraction of sp³-hybridized carbons (Fsp3) is 0.100. The van der Waals surface area contributed by atoms with Gasteiger partial charge < -0.3 is 14.2 Å². The number of esters is 1. The van der Waals surface area contributed by atoms with E-state index >= 15 is 0 Å². The van der Waals surface area contributed by atoms with Crippen molar-refractivity contribution in [3.63, 3.8) is 0 Å². The number of hydrogen-bond donors (Lipinski definition) is 0. The van der Waals surface area contributed by atoms with Crippen LogP contribution in [0.5, 0.6) is 11.5 Å². The summed E-state index contributed by atoms with van der Waals surface area (Å²) in [5, 5.41) is 9.44. The number of carbonyl (C=O) groups is 1. The second-order valence-corrected chi connectivity index (χ2v) is 5.23. The number of rotatable bonds is 3. The van der Waals surface area contributed by atoms with E-state index in [1.54, 1.807) is 25.3 Å². The second kappa shape index (κ2) is 6.93. The van der Waals surface area contributed by atoms with Crippen molar-refractivity contribution < 1.29 is 19.0 Å². The van der Waals surface area contributed by atoms with E-state index in [1.165, 1.54) is 7.11 Å². The molecule has 2 aromatic rings. The number of hydrogen-bond acceptors (Lipinski definition) is 5. The molecule has 0 saturated heterocycles. The smallest absolute Gasteiger partial charge is 0.349 e. The molecule has 0 N–H and O–H groups in total. The summed E-state index contributed by atoms with van der Waals surface area (Å²) in [6.45, 7) is 0. The molecule has 124 valence electrons. The maximum Gasteiger partial charge on any atom is 0.349 e. The number of allylic oxidation sites excluding steroid dienone is 2. The predicted octanol–water partition coefficient (Wildman–Crippen LogP) is 3.58. The SMILES string of the molecule is COC(=O)C(C#N)=C1C=C(c2ccc(OC)cc2)Oc2ccccc21. The van der Waals surface area contributed by atoms with E-state index in [0.29, 0.717) is 22.6 Å². The van der Waals surface area contributed by atoms with Gasteiger partial charge in [-0.15, -0.1) is 0 Å². The minimum absolute atomic E-state index is 0.0655. The molecule has 5 nitrogen and oxygen atoms in total. The number of para-hydroxylation sites is 1. The molecule has 0 bridgehead atoms. The normalized spacial score (nSPS) is 14.4. The van der Waals surface area contributed by atoms with Crippen molar-refractivity contribution in [1.29, 1.82) is 5.26 Å². The summed E-state index contributed by atoms with van der Waals surface area (Å²) in [4.78, 5) is 12.0. The van der Waals surface area contributed by atoms with Crippen molar-refractivity contribution in [3.8, 4) is 17.6 Å². The van der Waals surface area contributed by atoms with Crippen LogP contribution in [0.15, 0.2) is 60.2 Å². The van der Waals surface area contributed by atoms with Gasteiger partial charge in [0.2, 0.25) is 0 Å². The van der Waals surface area contributed by atoms with Crippen LogP contribution in [-0.2, 0) is 9.53 Å². The summed E-state index contributed by atoms with van der Waals surface area (Å²) >= 11 is 0. The Kier molecular flexibility index (Phi) is 4.53. The zero-order chi connectivity index (χ0) is 17.8. The lowest BCUT2D eigenvalue weighted by Crippen LogP contribution is -2.10. The molecular weight excluding hydrogens is 318 g/mol. The van der Waals surface area contributed by atoms with Crippen LogP contribution in [0.2, 0.25) is 0 Å². The molecule has 0 aromatic heterocycles. The minimum Gasteiger partial charge on any atom is -0.497 e. The van der Waals surface area contributed by atoms with Gasteiger partial charge >= 0.3 is 5.97 Å². The summed E-state index contributed by atoms with van der Waals surface area (Å²) in [5.74, 6) is 1.15. The third kappa shape index (κ3) is 3.10. The Balaban J connectivity index is 2.17. The quantitative estimate of drug-likeness (QED) is 0.488. The zero-order valence-electron chi connectivity index (χ0n) is 13.8. The van der Waals surface area contributed by atoms with E-state index in [0.717, 1.165) is 11.3 Å². The third-order valence-corrected chi connectivity index (χ3v) is 3.82. The standard InChI is InChI=1S/C20H15NO4/c1-23-14-9-7-13(8-10-14)19-11-16(17(12-21)20(22)24-2)15-5-3-4-6-18(15)25-19/h3-11H,1-2H3. The Hall–Kier alpha value is -3.52. The number of nitrogens with zero attached hydrogens (tertiary/aromatic N) is 1. The first kappa shape index (κ1) is 16.3. The van der Waals surface area contributed by atoms with Crippen molar-refractivity contribution in [3.05, 3.63) is 71.3 Å². The fourth-order valence-corrected chi connectivity index (χ4v) is 2.56. The molecule has 0 unspecified atom stereocenters. The lowest BCUT2D eigenvalue weighted by atomic mass is 9.95. The highest BCUT2D eigenvalue weighted by atomic mass is 16.5. The minimum atomic E-state index is -0.681. The molecule has 0 spiro atoms. The van der Waals surface area contributed by atoms with Crippen molar-refractivity contribution in [1.82, 2.24) is 0 Å². The molecule has 5 heteroatoms. The summed E-state index contributed by atoms with van der Waals surface area (Å²) in [6.07, 6.45) is 1.68. The molecule has 3 rings (SSSR count). The summed E-state index contributed by atoms with van der Waals surface area (Å²) in [5.41, 5.74) is 1.88. The molecule has 1 heterocycles. The Labute approximate surface area is 145 Å². The zero-order valence-corrected chi connectivity index (χ0v) is 13.8. The van der Waals surface area contributed by atoms with E-state index in [9.17, 15) is 10.1 Å². The Morgan fingerprint density at radius 3 is 2.44 bits per heavy atom. The van der Waals surface area contributed by atoms with Gasteiger partial charge in [-0.05, 0) is 36.4 Å². The van der Waals surface area contributed by atoms with E-state index < -0.39 is 5.97 Å². The summed E-state index contributed by atoms with van der Waals surface area (Å²) in [6, 6.07) is 16.5. The molecule has 0 aliphatic carbocycles. The van der Waals surface area contributed by atoms with Gasteiger partial charge in [0.15, 0.2) is 0 Å². The molecule has 1 aliphatic heterocycles. The number of carbonyl (C=O) groups excluding carboxylic acids is 1. The van der Waals surface area contributed by atoms with Gasteiger partial charge in [0.05, 0.1) is 14.2 Å². The number of benzene rings is 2. The summed E-state index contributed by atoms with van der Waals surface area (Å²) < 4.78 is 15.9. The largest absolute Gasteiger partial charge is 0.497 e. The number of methoxy groups -OCH3 is 2. The monoisotopic (exact) mass is 333 g/mol. The third-order valence-electron chi connectivity index (χ3n) is 3.82. The molecule has 0 saturated carbocycles. The first-order chi connectivity index (χ1) is 12.2. The van der Waals surface area contributed by atoms with Crippen LogP contribution in [0.3, 0.4) is 0 Å². The van der Waals surface area contributed by atoms with Crippen LogP contribution in [-0.4, -0.2) is 20.2 Å². The van der Waals surface area contributed by atoms with Gasteiger partial charge in [-0.2, -0.15) is 5.26 Å². The molecule has 0 radical (unpaired) electrons. The molecule has 1 aliphatic rings. The first-order valence-electron chi connectivity index (χ1n) is 7.54. The van der Waals surface area contributed by atoms with Crippen LogP contribution < -0.4 is 9.47 Å². The molecular formula is C20H15NO4. The van der Waals surface area contributed by atoms with Crippen molar-refractivity contribution in [2.45, 2.75) is 0 Å². The van der Waals surface area contributed by atoms with E-state index in [-0.39, 0.29) is 5.57 Å². The van der Waals surface area contributed by atoms with E-state index in [4.69, 9.17) is 14.2 Å². The Morgan fingerprint density at radius 1 is 1.08 bits per heavy atom. The Morgan fingerprint density at radius 2 is 1.80 bits per heavy atom. The van der Waals surface area contributed by atoms with Gasteiger partial charge in [-0.25, -0.2) is 4.79 Å². The first-order valence-corrected chi connectivity index (χ1v) is 7.54. The van der Waals surface area contributed by atoms with Crippen molar-refractivity contribution in [2.24, 2.45) is 0 Å². The molecule has 0 fully saturated rings. The van der Waals surface area contributed by atoms with Gasteiger partial charge in [-0.1, -0.05) is 18.2 Å². The van der Waals surface area contributed by atoms with Crippen molar-refractivity contribution in [2.75, 3.05) is 14.2 Å². The number of ether oxygens (including phenoxy) is 3. The average molecular weight is 333 g/mol. The van der Waals surface area contributed by atoms with E-state index in [1.807, 2.05) is 42.5 Å². The Bertz CT molecular complexity index is 917. The number of fused-ring (bicyclic) bond motifs is 1. The lowest BCUT2D eigenvalue weighted by Gasteiger charge is -2.21. The second-order valence-electron chi connectivity index (χ2n) is 5.23. The average Bonchev–Trinajstić information content (AvgIpc) is 2.68. The maximum absolute atomic E-state index is 12.0. The van der Waals surface area contributed by atoms with E-state index in [2.05, 4.69) is 0 Å². The highest BCUT2D eigenvalue weighted by molar-refractivity contribution is 6.06. The highest BCUT2D eigenvalue weighted by Gasteiger charge is 2.24. The molecule has 0 amide bonds. The van der Waals surface area contributed by atoms with Gasteiger partial charge in [0.1, 0.15) is 28.9 Å². The lowest BCUT2D eigenvalue weighted by molar-refractivity contribution is -0.135. The summed E-state index contributed by atoms with van der Waals surface area (Å²) in [7, 11) is 2.84. The fourth-order valence-electron chi connectivity index (χ4n) is 2.56. The highest BCUT2D eigenvalue weighted by Crippen LogP contribution is 2.38.